The lowest BCUT2D eigenvalue weighted by atomic mass is 9.84. The van der Waals surface area contributed by atoms with Crippen LogP contribution < -0.4 is 10.6 Å². The molecule has 0 heterocycles. The molecular formula is C33H50N2O5. The molecule has 1 aromatic carbocycles. The second-order valence-corrected chi connectivity index (χ2v) is 11.3. The van der Waals surface area contributed by atoms with E-state index in [0.29, 0.717) is 25.2 Å². The maximum Gasteiger partial charge on any atom is 0.309 e. The van der Waals surface area contributed by atoms with Gasteiger partial charge in [-0.15, -0.1) is 13.2 Å². The normalized spacial score (nSPS) is 16.6. The van der Waals surface area contributed by atoms with Gasteiger partial charge < -0.3 is 20.5 Å². The van der Waals surface area contributed by atoms with Crippen molar-refractivity contribution in [3.63, 3.8) is 0 Å². The highest BCUT2D eigenvalue weighted by Gasteiger charge is 2.28. The second kappa shape index (κ2) is 19.2. The van der Waals surface area contributed by atoms with E-state index in [-0.39, 0.29) is 55.4 Å². The van der Waals surface area contributed by atoms with Gasteiger partial charge in [0.05, 0.1) is 24.5 Å². The van der Waals surface area contributed by atoms with E-state index in [2.05, 4.69) is 23.8 Å². The topological polar surface area (TPSA) is 105 Å². The summed E-state index contributed by atoms with van der Waals surface area (Å²) >= 11 is 0. The number of carbonyl (C=O) groups excluding carboxylic acids is 3. The lowest BCUT2D eigenvalue weighted by molar-refractivity contribution is -0.150. The number of aliphatic hydroxyl groups is 1. The van der Waals surface area contributed by atoms with E-state index in [1.807, 2.05) is 36.4 Å². The zero-order chi connectivity index (χ0) is 29.2. The van der Waals surface area contributed by atoms with Crippen LogP contribution in [0.15, 0.2) is 55.6 Å². The van der Waals surface area contributed by atoms with Crippen molar-refractivity contribution in [2.45, 2.75) is 96.1 Å². The number of unbranched alkanes of at least 4 members (excludes halogenated alkanes) is 1. The number of hydrogen-bond donors (Lipinski definition) is 3. The highest BCUT2D eigenvalue weighted by molar-refractivity contribution is 5.86. The zero-order valence-electron chi connectivity index (χ0n) is 24.3. The Labute approximate surface area is 240 Å². The largest absolute Gasteiger partial charge is 0.463 e. The summed E-state index contributed by atoms with van der Waals surface area (Å²) in [5, 5.41) is 15.1. The Hall–Kier alpha value is -2.93. The Balaban J connectivity index is 2.08. The first-order chi connectivity index (χ1) is 19.4. The first-order valence-corrected chi connectivity index (χ1v) is 15.0. The van der Waals surface area contributed by atoms with E-state index in [1.165, 1.54) is 19.3 Å². The molecule has 7 heteroatoms. The monoisotopic (exact) mass is 554 g/mol. The molecular weight excluding hydrogens is 504 g/mol. The standard InChI is InChI=1S/C33H50N2O5/c1-4-6-9-19-29(20-26-15-10-7-11-16-26)33(39)40-24-30(21-27-17-12-8-13-18-27)35-32(38)28(14-5-2)22-31(37)34-25(3)23-36/h4-5,7,10-11,15-16,25,27-30,36H,1-2,6,8-9,12-14,17-24H2,3H3,(H,34,37)(H,35,38). The molecule has 1 fully saturated rings. The number of amides is 2. The Morgan fingerprint density at radius 1 is 1.05 bits per heavy atom. The molecule has 0 radical (unpaired) electrons. The Morgan fingerprint density at radius 3 is 2.42 bits per heavy atom. The summed E-state index contributed by atoms with van der Waals surface area (Å²) < 4.78 is 5.89. The van der Waals surface area contributed by atoms with Crippen molar-refractivity contribution in [1.82, 2.24) is 10.6 Å². The molecule has 4 unspecified atom stereocenters. The van der Waals surface area contributed by atoms with Gasteiger partial charge in [-0.05, 0) is 56.9 Å². The van der Waals surface area contributed by atoms with Gasteiger partial charge in [-0.1, -0.05) is 74.6 Å². The van der Waals surface area contributed by atoms with Crippen LogP contribution in [0.4, 0.5) is 0 Å². The minimum Gasteiger partial charge on any atom is -0.463 e. The zero-order valence-corrected chi connectivity index (χ0v) is 24.3. The number of ether oxygens (including phenoxy) is 1. The summed E-state index contributed by atoms with van der Waals surface area (Å²) in [6.07, 6.45) is 13.4. The first kappa shape index (κ1) is 33.3. The van der Waals surface area contributed by atoms with E-state index in [4.69, 9.17) is 4.74 Å². The predicted molar refractivity (Wildman–Crippen MR) is 159 cm³/mol. The van der Waals surface area contributed by atoms with Gasteiger partial charge in [0.1, 0.15) is 6.61 Å². The third-order valence-corrected chi connectivity index (χ3v) is 7.67. The number of benzene rings is 1. The minimum absolute atomic E-state index is 0.000578. The molecule has 1 aliphatic carbocycles. The van der Waals surface area contributed by atoms with Crippen LogP contribution in [0.5, 0.6) is 0 Å². The summed E-state index contributed by atoms with van der Waals surface area (Å²) in [6.45, 7) is 9.20. The molecule has 0 aromatic heterocycles. The smallest absolute Gasteiger partial charge is 0.309 e. The average Bonchev–Trinajstić information content (AvgIpc) is 2.96. The van der Waals surface area contributed by atoms with Crippen LogP contribution in [0.2, 0.25) is 0 Å². The van der Waals surface area contributed by atoms with Crippen LogP contribution >= 0.6 is 0 Å². The number of rotatable bonds is 19. The molecule has 1 saturated carbocycles. The van der Waals surface area contributed by atoms with E-state index < -0.39 is 5.92 Å². The van der Waals surface area contributed by atoms with Crippen molar-refractivity contribution in [2.75, 3.05) is 13.2 Å². The average molecular weight is 555 g/mol. The van der Waals surface area contributed by atoms with Crippen LogP contribution in [0.25, 0.3) is 0 Å². The molecule has 7 nitrogen and oxygen atoms in total. The molecule has 4 atom stereocenters. The number of allylic oxidation sites excluding steroid dienone is 2. The third kappa shape index (κ3) is 12.9. The van der Waals surface area contributed by atoms with Crippen LogP contribution in [0.1, 0.15) is 83.1 Å². The highest BCUT2D eigenvalue weighted by Crippen LogP contribution is 2.28. The van der Waals surface area contributed by atoms with Crippen molar-refractivity contribution < 1.29 is 24.2 Å². The lowest BCUT2D eigenvalue weighted by Gasteiger charge is -2.28. The van der Waals surface area contributed by atoms with Gasteiger partial charge in [-0.2, -0.15) is 0 Å². The number of hydrogen-bond acceptors (Lipinski definition) is 5. The fraction of sp³-hybridized carbons (Fsp3) is 0.606. The Bertz CT molecular complexity index is 913. The van der Waals surface area contributed by atoms with Crippen molar-refractivity contribution in [2.24, 2.45) is 17.8 Å². The molecule has 3 N–H and O–H groups in total. The molecule has 0 saturated heterocycles. The maximum absolute atomic E-state index is 13.3. The Morgan fingerprint density at radius 2 is 1.77 bits per heavy atom. The number of esters is 1. The fourth-order valence-electron chi connectivity index (χ4n) is 5.41. The summed E-state index contributed by atoms with van der Waals surface area (Å²) in [7, 11) is 0. The van der Waals surface area contributed by atoms with Crippen LogP contribution in [-0.4, -0.2) is 48.2 Å². The van der Waals surface area contributed by atoms with Crippen LogP contribution in [0.3, 0.4) is 0 Å². The van der Waals surface area contributed by atoms with Gasteiger partial charge in [0.25, 0.3) is 0 Å². The van der Waals surface area contributed by atoms with Gasteiger partial charge >= 0.3 is 5.97 Å². The molecule has 2 rings (SSSR count). The Kier molecular flexibility index (Phi) is 16.0. The van der Waals surface area contributed by atoms with Gasteiger partial charge in [0.15, 0.2) is 0 Å². The van der Waals surface area contributed by atoms with Crippen molar-refractivity contribution in [3.05, 3.63) is 61.2 Å². The van der Waals surface area contributed by atoms with Crippen molar-refractivity contribution >= 4 is 17.8 Å². The first-order valence-electron chi connectivity index (χ1n) is 15.0. The molecule has 1 aliphatic rings. The van der Waals surface area contributed by atoms with Crippen LogP contribution in [0, 0.1) is 17.8 Å². The minimum atomic E-state index is -0.585. The van der Waals surface area contributed by atoms with Crippen molar-refractivity contribution in [3.8, 4) is 0 Å². The summed E-state index contributed by atoms with van der Waals surface area (Å²) in [4.78, 5) is 39.1. The van der Waals surface area contributed by atoms with Gasteiger partial charge in [0, 0.05) is 12.5 Å². The van der Waals surface area contributed by atoms with E-state index in [9.17, 15) is 19.5 Å². The molecule has 40 heavy (non-hydrogen) atoms. The summed E-state index contributed by atoms with van der Waals surface area (Å²) in [5.41, 5.74) is 1.09. The van der Waals surface area contributed by atoms with Gasteiger partial charge in [0.2, 0.25) is 11.8 Å². The SMILES string of the molecule is C=CCCCC(Cc1ccccc1)C(=O)OCC(CC1CCCCC1)NC(=O)C(CC=C)CC(=O)NC(C)CO. The predicted octanol–water partition coefficient (Wildman–Crippen LogP) is 5.28. The molecule has 2 amide bonds. The maximum atomic E-state index is 13.3. The van der Waals surface area contributed by atoms with Crippen LogP contribution in [-0.2, 0) is 25.5 Å². The highest BCUT2D eigenvalue weighted by atomic mass is 16.5. The molecule has 0 spiro atoms. The number of nitrogens with one attached hydrogen (secondary N) is 2. The second-order valence-electron chi connectivity index (χ2n) is 11.3. The quantitative estimate of drug-likeness (QED) is 0.123. The molecule has 0 bridgehead atoms. The molecule has 1 aromatic rings. The van der Waals surface area contributed by atoms with E-state index in [0.717, 1.165) is 37.7 Å². The van der Waals surface area contributed by atoms with Gasteiger partial charge in [-0.25, -0.2) is 0 Å². The van der Waals surface area contributed by atoms with Crippen molar-refractivity contribution in [1.29, 1.82) is 0 Å². The van der Waals surface area contributed by atoms with E-state index >= 15 is 0 Å². The molecule has 222 valence electrons. The summed E-state index contributed by atoms with van der Waals surface area (Å²) in [5.74, 6) is -1.15. The summed E-state index contributed by atoms with van der Waals surface area (Å²) in [6, 6.07) is 9.26. The molecule has 0 aliphatic heterocycles. The lowest BCUT2D eigenvalue weighted by Crippen LogP contribution is -2.45. The number of aliphatic hydroxyl groups excluding tert-OH is 1. The van der Waals surface area contributed by atoms with E-state index in [1.54, 1.807) is 13.0 Å². The van der Waals surface area contributed by atoms with Gasteiger partial charge in [-0.3, -0.25) is 14.4 Å². The third-order valence-electron chi connectivity index (χ3n) is 7.67. The fourth-order valence-corrected chi connectivity index (χ4v) is 5.41. The number of carbonyl (C=O) groups is 3.